The number of aromatic hydroxyl groups is 2. The quantitative estimate of drug-likeness (QED) is 0.0236. The first kappa shape index (κ1) is 72.4. The van der Waals surface area contributed by atoms with Crippen LogP contribution < -0.4 is 70.8 Å². The number of phenols is 2. The van der Waals surface area contributed by atoms with Crippen LogP contribution in [0.5, 0.6) is 11.5 Å². The molecule has 0 aliphatic carbocycles. The van der Waals surface area contributed by atoms with Crippen LogP contribution in [0.15, 0.2) is 61.1 Å². The number of rotatable bonds is 39. The molecule has 2 aromatic carbocycles. The number of aliphatic carboxylic acids is 2. The number of imidazole rings is 1. The first-order chi connectivity index (χ1) is 41.5. The molecule has 11 atom stereocenters. The van der Waals surface area contributed by atoms with Crippen molar-refractivity contribution in [1.82, 2.24) is 57.8 Å². The maximum absolute atomic E-state index is 14.6. The summed E-state index contributed by atoms with van der Waals surface area (Å²) in [6, 6.07) is -7.59. The number of aromatic amines is 1. The zero-order chi connectivity index (χ0) is 65.8. The van der Waals surface area contributed by atoms with Crippen molar-refractivity contribution in [3.8, 4) is 11.5 Å². The number of nitrogens with one attached hydrogen (secondary N) is 10. The predicted molar refractivity (Wildman–Crippen MR) is 302 cm³/mol. The molecule has 0 bridgehead atoms. The Morgan fingerprint density at radius 3 is 1.32 bits per heavy atom. The minimum Gasteiger partial charge on any atom is -0.508 e. The lowest BCUT2D eigenvalue weighted by atomic mass is 10.0. The Labute approximate surface area is 501 Å². The number of carboxylic acid groups (broad SMARTS) is 2. The monoisotopic (exact) mass is 1240 g/mol. The van der Waals surface area contributed by atoms with E-state index >= 15 is 0 Å². The number of carbonyl (C=O) groups excluding carboxylic acids is 11. The molecule has 0 spiro atoms. The average molecular weight is 1240 g/mol. The number of hydrogen-bond acceptors (Lipinski definition) is 21. The summed E-state index contributed by atoms with van der Waals surface area (Å²) >= 11 is 0. The maximum Gasteiger partial charge on any atom is 0.328 e. The van der Waals surface area contributed by atoms with E-state index in [2.05, 4.69) is 47.2 Å². The van der Waals surface area contributed by atoms with E-state index in [0.717, 1.165) is 6.92 Å². The van der Waals surface area contributed by atoms with Crippen LogP contribution >= 0.6 is 0 Å². The van der Waals surface area contributed by atoms with Crippen molar-refractivity contribution in [3.05, 3.63) is 77.9 Å². The molecule has 0 radical (unpaired) electrons. The van der Waals surface area contributed by atoms with Gasteiger partial charge in [0.05, 0.1) is 44.5 Å². The molecule has 0 saturated heterocycles. The van der Waals surface area contributed by atoms with Crippen LogP contribution in [0, 0.1) is 0 Å². The van der Waals surface area contributed by atoms with E-state index in [-0.39, 0.29) is 34.7 Å². The van der Waals surface area contributed by atoms with E-state index in [0.29, 0.717) is 19.4 Å². The van der Waals surface area contributed by atoms with Gasteiger partial charge in [0, 0.05) is 37.6 Å². The normalized spacial score (nSPS) is 14.8. The fourth-order valence-electron chi connectivity index (χ4n) is 8.18. The molecule has 1 heterocycles. The van der Waals surface area contributed by atoms with Crippen molar-refractivity contribution in [1.29, 1.82) is 0 Å². The van der Waals surface area contributed by atoms with E-state index in [4.69, 9.17) is 22.9 Å². The summed E-state index contributed by atoms with van der Waals surface area (Å²) in [6.07, 6.45) is -2.54. The molecular weight excluding hydrogens is 1170 g/mol. The molecule has 3 rings (SSSR count). The number of H-pyrrole nitrogens is 1. The van der Waals surface area contributed by atoms with Crippen molar-refractivity contribution in [2.24, 2.45) is 22.9 Å². The zero-order valence-electron chi connectivity index (χ0n) is 47.5. The van der Waals surface area contributed by atoms with Crippen LogP contribution in [0.3, 0.4) is 0 Å². The van der Waals surface area contributed by atoms with Crippen molar-refractivity contribution >= 4 is 76.9 Å². The van der Waals surface area contributed by atoms with Crippen LogP contribution in [0.1, 0.15) is 68.7 Å². The van der Waals surface area contributed by atoms with E-state index in [1.54, 1.807) is 0 Å². The van der Waals surface area contributed by atoms with Gasteiger partial charge in [-0.05, 0) is 68.1 Å². The zero-order valence-corrected chi connectivity index (χ0v) is 47.5. The molecule has 35 nitrogen and oxygen atoms in total. The summed E-state index contributed by atoms with van der Waals surface area (Å²) in [7, 11) is 0. The lowest BCUT2D eigenvalue weighted by molar-refractivity contribution is -0.146. The number of carboxylic acids is 2. The van der Waals surface area contributed by atoms with Crippen LogP contribution in [0.25, 0.3) is 0 Å². The highest BCUT2D eigenvalue weighted by atomic mass is 16.4. The molecule has 0 aliphatic heterocycles. The van der Waals surface area contributed by atoms with Gasteiger partial charge in [-0.2, -0.15) is 0 Å². The first-order valence-corrected chi connectivity index (χ1v) is 27.2. The van der Waals surface area contributed by atoms with Gasteiger partial charge in [0.15, 0.2) is 6.04 Å². The van der Waals surface area contributed by atoms with E-state index in [1.807, 2.05) is 10.6 Å². The Balaban J connectivity index is 2.00. The van der Waals surface area contributed by atoms with E-state index < -0.39 is 202 Å². The summed E-state index contributed by atoms with van der Waals surface area (Å²) in [6.45, 7) is -1.05. The largest absolute Gasteiger partial charge is 0.508 e. The van der Waals surface area contributed by atoms with Gasteiger partial charge in [-0.3, -0.25) is 57.5 Å². The third-order valence-corrected chi connectivity index (χ3v) is 13.0. The molecule has 11 amide bonds. The van der Waals surface area contributed by atoms with Gasteiger partial charge in [0.1, 0.15) is 59.8 Å². The number of nitrogens with two attached hydrogens (primary N) is 4. The number of carbonyl (C=O) groups is 13. The second-order valence-electron chi connectivity index (χ2n) is 20.1. The predicted octanol–water partition coefficient (Wildman–Crippen LogP) is -8.27. The van der Waals surface area contributed by atoms with Crippen LogP contribution in [-0.2, 0) is 81.6 Å². The number of phenolic OH excluding ortho intramolecular Hbond substituents is 2. The standard InChI is InChI=1S/C53H75N15O20/c1-25(71)43(53(87)88)68-50(84)37(20-42(76)77)65-52(86)39(23-70)66-47(81)34(17-27-7-11-30(73)12-8-27)63-46(80)33(16-26-5-9-29(72)10-6-26)62-45(79)32(13-14-40(56)74)60-48(82)35(18-28-21-58-24-59-28)64-51(85)38(22-69)67-49(83)36(19-41(57)75)61-44(78)31(55)4-2-3-15-54/h5-12,21,24-25,31-39,43,69-73H,2-4,13-20,22-23,54-55H2,1H3,(H2,56,74)(H2,57,75)(H,58,59)(H,60,82)(H,61,78)(H,62,79)(H,63,80)(H,64,85)(H,65,86)(H,66,81)(H,67,83)(H,68,84)(H,76,77)(H,87,88)/t25-,31+,32+,33+,34+,35+,36+,37+,38+,39+,43+/m1/s1. The summed E-state index contributed by atoms with van der Waals surface area (Å²) in [5.41, 5.74) is 22.9. The van der Waals surface area contributed by atoms with Gasteiger partial charge < -0.3 is 112 Å². The van der Waals surface area contributed by atoms with E-state index in [1.165, 1.54) is 61.1 Å². The minimum absolute atomic E-state index is 0.155. The molecule has 3 aromatic rings. The highest BCUT2D eigenvalue weighted by Crippen LogP contribution is 2.15. The summed E-state index contributed by atoms with van der Waals surface area (Å²) in [4.78, 5) is 179. The lowest BCUT2D eigenvalue weighted by Gasteiger charge is -2.28. The molecule has 88 heavy (non-hydrogen) atoms. The van der Waals surface area contributed by atoms with Gasteiger partial charge in [-0.1, -0.05) is 30.7 Å². The minimum atomic E-state index is -2.05. The Morgan fingerprint density at radius 1 is 0.511 bits per heavy atom. The number of unbranched alkanes of at least 4 members (excludes halogenated alkanes) is 1. The molecule has 25 N–H and O–H groups in total. The maximum atomic E-state index is 14.6. The number of nitrogens with zero attached hydrogens (tertiary/aromatic N) is 1. The van der Waals surface area contributed by atoms with Crippen molar-refractivity contribution < 1.29 is 98.1 Å². The van der Waals surface area contributed by atoms with Gasteiger partial charge in [-0.15, -0.1) is 0 Å². The number of amides is 11. The van der Waals surface area contributed by atoms with Crippen molar-refractivity contribution in [2.45, 2.75) is 138 Å². The number of aromatic nitrogens is 2. The topological polar surface area (TPSA) is 605 Å². The van der Waals surface area contributed by atoms with Crippen LogP contribution in [-0.4, -0.2) is 209 Å². The molecule has 0 aliphatic rings. The number of hydrogen-bond donors (Lipinski definition) is 21. The Bertz CT molecular complexity index is 2900. The van der Waals surface area contributed by atoms with Crippen LogP contribution in [0.2, 0.25) is 0 Å². The van der Waals surface area contributed by atoms with Gasteiger partial charge in [0.25, 0.3) is 0 Å². The molecule has 482 valence electrons. The lowest BCUT2D eigenvalue weighted by Crippen LogP contribution is -2.62. The molecule has 0 fully saturated rings. The van der Waals surface area contributed by atoms with Crippen LogP contribution in [0.4, 0.5) is 0 Å². The molecular formula is C53H75N15O20. The van der Waals surface area contributed by atoms with Gasteiger partial charge in [0.2, 0.25) is 65.0 Å². The van der Waals surface area contributed by atoms with Gasteiger partial charge >= 0.3 is 11.9 Å². The van der Waals surface area contributed by atoms with Gasteiger partial charge in [-0.25, -0.2) is 9.78 Å². The van der Waals surface area contributed by atoms with Crippen molar-refractivity contribution in [3.63, 3.8) is 0 Å². The number of primary amides is 2. The van der Waals surface area contributed by atoms with Crippen molar-refractivity contribution in [2.75, 3.05) is 19.8 Å². The third-order valence-electron chi connectivity index (χ3n) is 13.0. The highest BCUT2D eigenvalue weighted by molar-refractivity contribution is 6.00. The smallest absolute Gasteiger partial charge is 0.328 e. The number of benzene rings is 2. The first-order valence-electron chi connectivity index (χ1n) is 27.2. The Kier molecular flexibility index (Phi) is 29.8. The summed E-state index contributed by atoms with van der Waals surface area (Å²) < 4.78 is 0. The number of aliphatic hydroxyl groups excluding tert-OH is 3. The number of aliphatic hydroxyl groups is 3. The van der Waals surface area contributed by atoms with E-state index in [9.17, 15) is 98.1 Å². The average Bonchev–Trinajstić information content (AvgIpc) is 2.91. The summed E-state index contributed by atoms with van der Waals surface area (Å²) in [5, 5.41) is 89.6. The SMILES string of the molecule is C[C@@H](O)[C@H](NC(=O)[C@H](CC(=O)O)NC(=O)[C@H](CO)NC(=O)[C@H](Cc1ccc(O)cc1)NC(=O)[C@H](Cc1ccc(O)cc1)NC(=O)[C@H](CCC(N)=O)NC(=O)[C@H](Cc1cnc[nH]1)NC(=O)[C@H](CO)NC(=O)[C@H](CC(N)=O)NC(=O)[C@@H](N)CCCCN)C(=O)O. The molecule has 0 unspecified atom stereocenters. The molecule has 35 heteroatoms. The molecule has 0 saturated carbocycles. The fraction of sp³-hybridized carbons (Fsp3) is 0.472. The Hall–Kier alpha value is -9.84. The fourth-order valence-corrected chi connectivity index (χ4v) is 8.18. The summed E-state index contributed by atoms with van der Waals surface area (Å²) in [5.74, 6) is -16.7. The highest BCUT2D eigenvalue weighted by Gasteiger charge is 2.37. The molecule has 1 aromatic heterocycles. The second kappa shape index (κ2) is 36.2. The second-order valence-corrected chi connectivity index (χ2v) is 20.1. The third kappa shape index (κ3) is 25.0. The Morgan fingerprint density at radius 2 is 0.909 bits per heavy atom.